The number of carboxylic acids is 1. The van der Waals surface area contributed by atoms with Crippen LogP contribution in [0.1, 0.15) is 33.3 Å². The number of primary amides is 1. The molecular weight excluding hydrogens is 292 g/mol. The molecular formula is C18H18N2O3. The maximum Gasteiger partial charge on any atom is 0.335 e. The second-order valence-corrected chi connectivity index (χ2v) is 5.72. The van der Waals surface area contributed by atoms with Gasteiger partial charge in [-0.2, -0.15) is 0 Å². The second kappa shape index (κ2) is 6.22. The average Bonchev–Trinajstić information content (AvgIpc) is 3.00. The molecule has 0 bridgehead atoms. The Morgan fingerprint density at radius 3 is 2.35 bits per heavy atom. The molecule has 3 rings (SSSR count). The van der Waals surface area contributed by atoms with E-state index in [1.54, 1.807) is 12.1 Å². The smallest absolute Gasteiger partial charge is 0.335 e. The van der Waals surface area contributed by atoms with Gasteiger partial charge < -0.3 is 16.2 Å². The lowest BCUT2D eigenvalue weighted by molar-refractivity contribution is -0.120. The van der Waals surface area contributed by atoms with Gasteiger partial charge in [-0.05, 0) is 17.2 Å². The van der Waals surface area contributed by atoms with Crippen LogP contribution in [-0.4, -0.2) is 29.6 Å². The zero-order valence-electron chi connectivity index (χ0n) is 12.5. The van der Waals surface area contributed by atoms with Crippen LogP contribution in [0, 0.1) is 0 Å². The highest BCUT2D eigenvalue weighted by Crippen LogP contribution is 2.40. The maximum atomic E-state index is 11.8. The minimum Gasteiger partial charge on any atom is -0.478 e. The lowest BCUT2D eigenvalue weighted by Crippen LogP contribution is -2.39. The zero-order valence-corrected chi connectivity index (χ0v) is 12.5. The van der Waals surface area contributed by atoms with Crippen LogP contribution in [-0.2, 0) is 4.79 Å². The molecule has 1 aliphatic heterocycles. The maximum absolute atomic E-state index is 11.8. The molecule has 0 spiro atoms. The summed E-state index contributed by atoms with van der Waals surface area (Å²) in [6, 6.07) is 16.0. The molecule has 5 heteroatoms. The molecule has 23 heavy (non-hydrogen) atoms. The molecule has 1 aliphatic rings. The number of hydrogen-bond acceptors (Lipinski definition) is 3. The van der Waals surface area contributed by atoms with Gasteiger partial charge in [0.05, 0.1) is 11.6 Å². The van der Waals surface area contributed by atoms with Gasteiger partial charge in [0.2, 0.25) is 5.91 Å². The van der Waals surface area contributed by atoms with E-state index in [4.69, 9.17) is 5.73 Å². The Morgan fingerprint density at radius 2 is 1.70 bits per heavy atom. The van der Waals surface area contributed by atoms with E-state index in [1.807, 2.05) is 42.5 Å². The second-order valence-electron chi connectivity index (χ2n) is 5.72. The van der Waals surface area contributed by atoms with E-state index in [2.05, 4.69) is 5.32 Å². The van der Waals surface area contributed by atoms with Crippen LogP contribution in [0.25, 0.3) is 0 Å². The summed E-state index contributed by atoms with van der Waals surface area (Å²) in [5.41, 5.74) is 7.52. The third-order valence-corrected chi connectivity index (χ3v) is 4.43. The molecule has 4 N–H and O–H groups in total. The number of hydrogen-bond donors (Lipinski definition) is 3. The largest absolute Gasteiger partial charge is 0.478 e. The van der Waals surface area contributed by atoms with Crippen molar-refractivity contribution in [1.29, 1.82) is 0 Å². The fourth-order valence-corrected chi connectivity index (χ4v) is 3.44. The molecule has 3 atom stereocenters. The molecule has 1 unspecified atom stereocenters. The van der Waals surface area contributed by atoms with Crippen molar-refractivity contribution in [1.82, 2.24) is 5.32 Å². The SMILES string of the molecule is NC(=O)[C@H]1NCC(c2ccccc2C(=O)O)[C@H]1c1ccccc1. The minimum atomic E-state index is -0.963. The van der Waals surface area contributed by atoms with E-state index in [0.717, 1.165) is 11.1 Å². The van der Waals surface area contributed by atoms with Crippen LogP contribution >= 0.6 is 0 Å². The van der Waals surface area contributed by atoms with Crippen LogP contribution in [0.3, 0.4) is 0 Å². The predicted molar refractivity (Wildman–Crippen MR) is 86.3 cm³/mol. The van der Waals surface area contributed by atoms with Crippen molar-refractivity contribution in [2.24, 2.45) is 5.73 Å². The van der Waals surface area contributed by atoms with E-state index < -0.39 is 17.9 Å². The quantitative estimate of drug-likeness (QED) is 0.801. The van der Waals surface area contributed by atoms with Crippen molar-refractivity contribution in [3.8, 4) is 0 Å². The molecule has 0 aromatic heterocycles. The van der Waals surface area contributed by atoms with E-state index >= 15 is 0 Å². The number of aromatic carboxylic acids is 1. The summed E-state index contributed by atoms with van der Waals surface area (Å²) in [5.74, 6) is -1.69. The van der Waals surface area contributed by atoms with Crippen molar-refractivity contribution in [3.05, 3.63) is 71.3 Å². The van der Waals surface area contributed by atoms with Crippen LogP contribution in [0.2, 0.25) is 0 Å². The number of carbonyl (C=O) groups excluding carboxylic acids is 1. The number of carbonyl (C=O) groups is 2. The minimum absolute atomic E-state index is 0.123. The highest BCUT2D eigenvalue weighted by Gasteiger charge is 2.41. The summed E-state index contributed by atoms with van der Waals surface area (Å²) in [6.45, 7) is 0.511. The standard InChI is InChI=1S/C18H18N2O3/c19-17(21)16-15(11-6-2-1-3-7-11)14(10-20-16)12-8-4-5-9-13(12)18(22)23/h1-9,14-16,20H,10H2,(H2,19,21)(H,22,23)/t14?,15-,16+/m1/s1. The number of amides is 1. The summed E-state index contributed by atoms with van der Waals surface area (Å²) < 4.78 is 0. The molecule has 5 nitrogen and oxygen atoms in total. The fraction of sp³-hybridized carbons (Fsp3) is 0.222. The first-order chi connectivity index (χ1) is 11.1. The van der Waals surface area contributed by atoms with E-state index in [-0.39, 0.29) is 17.4 Å². The third kappa shape index (κ3) is 2.83. The fourth-order valence-electron chi connectivity index (χ4n) is 3.44. The molecule has 1 amide bonds. The van der Waals surface area contributed by atoms with Gasteiger partial charge >= 0.3 is 5.97 Å². The highest BCUT2D eigenvalue weighted by atomic mass is 16.4. The summed E-state index contributed by atoms with van der Waals surface area (Å²) >= 11 is 0. The molecule has 0 aliphatic carbocycles. The number of benzene rings is 2. The zero-order chi connectivity index (χ0) is 16.4. The lowest BCUT2D eigenvalue weighted by atomic mass is 9.79. The average molecular weight is 310 g/mol. The third-order valence-electron chi connectivity index (χ3n) is 4.43. The van der Waals surface area contributed by atoms with Gasteiger partial charge in [-0.1, -0.05) is 48.5 Å². The molecule has 118 valence electrons. The van der Waals surface area contributed by atoms with Crippen LogP contribution in [0.5, 0.6) is 0 Å². The Balaban J connectivity index is 2.08. The van der Waals surface area contributed by atoms with E-state index in [0.29, 0.717) is 6.54 Å². The highest BCUT2D eigenvalue weighted by molar-refractivity contribution is 5.90. The van der Waals surface area contributed by atoms with Crippen LogP contribution in [0.15, 0.2) is 54.6 Å². The van der Waals surface area contributed by atoms with Crippen molar-refractivity contribution in [3.63, 3.8) is 0 Å². The van der Waals surface area contributed by atoms with E-state index in [9.17, 15) is 14.7 Å². The monoisotopic (exact) mass is 310 g/mol. The predicted octanol–water partition coefficient (Wildman–Crippen LogP) is 1.71. The Kier molecular flexibility index (Phi) is 4.12. The molecule has 1 heterocycles. The van der Waals surface area contributed by atoms with Gasteiger partial charge in [0.25, 0.3) is 0 Å². The first kappa shape index (κ1) is 15.2. The molecule has 1 fully saturated rings. The van der Waals surface area contributed by atoms with Crippen LogP contribution < -0.4 is 11.1 Å². The van der Waals surface area contributed by atoms with Gasteiger partial charge in [-0.15, -0.1) is 0 Å². The molecule has 2 aromatic carbocycles. The number of carboxylic acid groups (broad SMARTS) is 1. The van der Waals surface area contributed by atoms with Gasteiger partial charge in [-0.3, -0.25) is 4.79 Å². The molecule has 0 saturated carbocycles. The molecule has 0 radical (unpaired) electrons. The first-order valence-corrected chi connectivity index (χ1v) is 7.49. The van der Waals surface area contributed by atoms with Gasteiger partial charge in [-0.25, -0.2) is 4.79 Å². The summed E-state index contributed by atoms with van der Waals surface area (Å²) in [4.78, 5) is 23.3. The van der Waals surface area contributed by atoms with Crippen LogP contribution in [0.4, 0.5) is 0 Å². The number of nitrogens with one attached hydrogen (secondary N) is 1. The summed E-state index contributed by atoms with van der Waals surface area (Å²) in [7, 11) is 0. The topological polar surface area (TPSA) is 92.4 Å². The summed E-state index contributed by atoms with van der Waals surface area (Å²) in [5, 5.41) is 12.6. The normalized spacial score (nSPS) is 23.6. The Bertz CT molecular complexity index is 730. The van der Waals surface area contributed by atoms with Crippen molar-refractivity contribution in [2.45, 2.75) is 17.9 Å². The van der Waals surface area contributed by atoms with Gasteiger partial charge in [0.1, 0.15) is 0 Å². The first-order valence-electron chi connectivity index (χ1n) is 7.49. The lowest BCUT2D eigenvalue weighted by Gasteiger charge is -2.24. The van der Waals surface area contributed by atoms with Crippen molar-refractivity contribution >= 4 is 11.9 Å². The Morgan fingerprint density at radius 1 is 1.04 bits per heavy atom. The van der Waals surface area contributed by atoms with E-state index in [1.165, 1.54) is 0 Å². The summed E-state index contributed by atoms with van der Waals surface area (Å²) in [6.07, 6.45) is 0. The number of nitrogens with two attached hydrogens (primary N) is 1. The Hall–Kier alpha value is -2.66. The van der Waals surface area contributed by atoms with Crippen molar-refractivity contribution < 1.29 is 14.7 Å². The number of rotatable bonds is 4. The molecule has 2 aromatic rings. The molecule has 1 saturated heterocycles. The van der Waals surface area contributed by atoms with Crippen molar-refractivity contribution in [2.75, 3.05) is 6.54 Å². The Labute approximate surface area is 134 Å². The van der Waals surface area contributed by atoms with Gasteiger partial charge in [0.15, 0.2) is 0 Å². The van der Waals surface area contributed by atoms with Gasteiger partial charge in [0, 0.05) is 18.4 Å².